The van der Waals surface area contributed by atoms with Crippen molar-refractivity contribution in [1.82, 2.24) is 18.7 Å². The molecular formula is C16H16FN5O3. The van der Waals surface area contributed by atoms with Crippen LogP contribution < -0.4 is 16.1 Å². The van der Waals surface area contributed by atoms with Crippen molar-refractivity contribution in [2.24, 2.45) is 21.1 Å². The molecule has 0 radical (unpaired) electrons. The Labute approximate surface area is 141 Å². The number of amides is 1. The number of fused-ring (bicyclic) bond motifs is 1. The zero-order valence-electron chi connectivity index (χ0n) is 14.1. The zero-order valence-corrected chi connectivity index (χ0v) is 14.1. The predicted molar refractivity (Wildman–Crippen MR) is 90.3 cm³/mol. The van der Waals surface area contributed by atoms with Gasteiger partial charge in [-0.2, -0.15) is 0 Å². The Morgan fingerprint density at radius 3 is 2.40 bits per heavy atom. The van der Waals surface area contributed by atoms with E-state index < -0.39 is 23.0 Å². The fourth-order valence-electron chi connectivity index (χ4n) is 2.79. The molecule has 0 atom stereocenters. The van der Waals surface area contributed by atoms with Crippen molar-refractivity contribution < 1.29 is 9.18 Å². The molecule has 0 N–H and O–H groups in total. The molecule has 0 bridgehead atoms. The first-order valence-corrected chi connectivity index (χ1v) is 7.39. The smallest absolute Gasteiger partial charge is 0.325 e. The second-order valence-electron chi connectivity index (χ2n) is 5.73. The second-order valence-corrected chi connectivity index (χ2v) is 5.73. The number of pyridine rings is 1. The van der Waals surface area contributed by atoms with Crippen LogP contribution in [0, 0.1) is 5.82 Å². The van der Waals surface area contributed by atoms with Crippen LogP contribution in [0.15, 0.2) is 34.0 Å². The maximum absolute atomic E-state index is 13.0. The van der Waals surface area contributed by atoms with E-state index in [1.54, 1.807) is 7.05 Å². The maximum Gasteiger partial charge on any atom is 0.332 e. The third-order valence-electron chi connectivity index (χ3n) is 4.21. The zero-order chi connectivity index (χ0) is 18.5. The molecule has 3 rings (SSSR count). The highest BCUT2D eigenvalue weighted by molar-refractivity contribution is 6.06. The van der Waals surface area contributed by atoms with Crippen LogP contribution in [0.5, 0.6) is 0 Å². The monoisotopic (exact) mass is 345 g/mol. The third-order valence-corrected chi connectivity index (χ3v) is 4.21. The van der Waals surface area contributed by atoms with Crippen molar-refractivity contribution in [3.05, 3.63) is 56.7 Å². The van der Waals surface area contributed by atoms with Gasteiger partial charge in [-0.05, 0) is 18.2 Å². The Morgan fingerprint density at radius 2 is 1.80 bits per heavy atom. The molecule has 25 heavy (non-hydrogen) atoms. The summed E-state index contributed by atoms with van der Waals surface area (Å²) in [5.74, 6) is -0.682. The summed E-state index contributed by atoms with van der Waals surface area (Å²) < 4.78 is 16.8. The Hall–Kier alpha value is -3.23. The van der Waals surface area contributed by atoms with Gasteiger partial charge in [-0.3, -0.25) is 23.6 Å². The van der Waals surface area contributed by atoms with Gasteiger partial charge in [-0.1, -0.05) is 0 Å². The number of nitrogens with zero attached hydrogens (tertiary/aromatic N) is 5. The molecule has 0 aliphatic heterocycles. The van der Waals surface area contributed by atoms with Crippen LogP contribution in [-0.4, -0.2) is 31.6 Å². The van der Waals surface area contributed by atoms with Gasteiger partial charge in [0.05, 0.1) is 11.6 Å². The molecule has 0 unspecified atom stereocenters. The van der Waals surface area contributed by atoms with Gasteiger partial charge < -0.3 is 4.57 Å². The third kappa shape index (κ3) is 2.44. The van der Waals surface area contributed by atoms with Crippen LogP contribution in [0.2, 0.25) is 0 Å². The van der Waals surface area contributed by atoms with E-state index in [0.29, 0.717) is 5.65 Å². The van der Waals surface area contributed by atoms with Gasteiger partial charge in [0.2, 0.25) is 0 Å². The average Bonchev–Trinajstić information content (AvgIpc) is 2.95. The number of aromatic nitrogens is 4. The summed E-state index contributed by atoms with van der Waals surface area (Å²) in [6, 6.07) is 4.02. The first-order chi connectivity index (χ1) is 11.7. The van der Waals surface area contributed by atoms with Gasteiger partial charge in [0.1, 0.15) is 23.0 Å². The molecule has 0 fully saturated rings. The van der Waals surface area contributed by atoms with Gasteiger partial charge in [0.15, 0.2) is 0 Å². The first-order valence-electron chi connectivity index (χ1n) is 7.39. The van der Waals surface area contributed by atoms with Crippen LogP contribution in [0.25, 0.3) is 11.0 Å². The van der Waals surface area contributed by atoms with Crippen molar-refractivity contribution in [1.29, 1.82) is 0 Å². The molecule has 3 aromatic heterocycles. The van der Waals surface area contributed by atoms with E-state index in [2.05, 4.69) is 4.98 Å². The lowest BCUT2D eigenvalue weighted by atomic mass is 10.3. The number of hydrogen-bond acceptors (Lipinski definition) is 4. The Balaban J connectivity index is 2.18. The van der Waals surface area contributed by atoms with Crippen molar-refractivity contribution in [2.75, 3.05) is 11.9 Å². The summed E-state index contributed by atoms with van der Waals surface area (Å²) in [4.78, 5) is 42.3. The molecule has 0 saturated heterocycles. The minimum absolute atomic E-state index is 0.210. The molecule has 0 saturated carbocycles. The highest BCUT2D eigenvalue weighted by atomic mass is 19.1. The molecule has 3 heterocycles. The number of anilines is 1. The molecule has 9 heteroatoms. The topological polar surface area (TPSA) is 82.1 Å². The summed E-state index contributed by atoms with van der Waals surface area (Å²) in [5.41, 5.74) is -0.402. The lowest BCUT2D eigenvalue weighted by Gasteiger charge is -2.16. The average molecular weight is 345 g/mol. The van der Waals surface area contributed by atoms with Crippen molar-refractivity contribution >= 4 is 22.8 Å². The molecule has 130 valence electrons. The number of hydrogen-bond donors (Lipinski definition) is 0. The summed E-state index contributed by atoms with van der Waals surface area (Å²) in [6.07, 6.45) is 1.01. The number of carbonyl (C=O) groups excluding carboxylic acids is 1. The minimum atomic E-state index is -0.507. The molecule has 0 spiro atoms. The van der Waals surface area contributed by atoms with E-state index in [1.807, 2.05) is 0 Å². The molecule has 0 aliphatic rings. The molecule has 1 amide bonds. The second kappa shape index (κ2) is 5.69. The summed E-state index contributed by atoms with van der Waals surface area (Å²) in [7, 11) is 6.01. The molecular weight excluding hydrogens is 329 g/mol. The Kier molecular flexibility index (Phi) is 3.78. The number of rotatable bonds is 2. The number of halogens is 1. The minimum Gasteiger partial charge on any atom is -0.325 e. The van der Waals surface area contributed by atoms with Crippen molar-refractivity contribution in [3.8, 4) is 0 Å². The number of carbonyl (C=O) groups is 1. The lowest BCUT2D eigenvalue weighted by molar-refractivity contribution is 0.0985. The van der Waals surface area contributed by atoms with Gasteiger partial charge in [-0.15, -0.1) is 0 Å². The summed E-state index contributed by atoms with van der Waals surface area (Å²) >= 11 is 0. The molecule has 0 aliphatic carbocycles. The van der Waals surface area contributed by atoms with E-state index in [0.717, 1.165) is 10.8 Å². The van der Waals surface area contributed by atoms with Crippen LogP contribution in [0.1, 0.15) is 10.5 Å². The standard InChI is InChI=1S/C16H16FN5O3/c1-19-11(15(24)20(2)12-6-5-9(17)8-18-12)7-10-13(19)21(3)16(25)22(4)14(10)23/h5-8H,1-4H3. The molecule has 0 aromatic carbocycles. The van der Waals surface area contributed by atoms with Crippen LogP contribution in [-0.2, 0) is 21.1 Å². The van der Waals surface area contributed by atoms with Crippen molar-refractivity contribution in [2.45, 2.75) is 0 Å². The lowest BCUT2D eigenvalue weighted by Crippen LogP contribution is -2.37. The van der Waals surface area contributed by atoms with E-state index >= 15 is 0 Å². The van der Waals surface area contributed by atoms with Gasteiger partial charge in [0.25, 0.3) is 11.5 Å². The largest absolute Gasteiger partial charge is 0.332 e. The van der Waals surface area contributed by atoms with Crippen LogP contribution in [0.4, 0.5) is 10.2 Å². The quantitative estimate of drug-likeness (QED) is 0.673. The first kappa shape index (κ1) is 16.6. The molecule has 3 aromatic rings. The van der Waals surface area contributed by atoms with Crippen LogP contribution in [0.3, 0.4) is 0 Å². The summed E-state index contributed by atoms with van der Waals surface area (Å²) in [5, 5.41) is 0.260. The predicted octanol–water partition coefficient (Wildman–Crippen LogP) is 0.386. The SMILES string of the molecule is CN(C(=O)c1cc2c(=O)n(C)c(=O)n(C)c2n1C)c1ccc(F)cn1. The fourth-order valence-corrected chi connectivity index (χ4v) is 2.79. The van der Waals surface area contributed by atoms with Crippen LogP contribution >= 0.6 is 0 Å². The highest BCUT2D eigenvalue weighted by Gasteiger charge is 2.22. The van der Waals surface area contributed by atoms with E-state index in [-0.39, 0.29) is 16.9 Å². The summed E-state index contributed by atoms with van der Waals surface area (Å²) in [6.45, 7) is 0. The molecule has 8 nitrogen and oxygen atoms in total. The Bertz CT molecular complexity index is 1110. The van der Waals surface area contributed by atoms with Crippen molar-refractivity contribution in [3.63, 3.8) is 0 Å². The van der Waals surface area contributed by atoms with E-state index in [1.165, 1.54) is 53.4 Å². The highest BCUT2D eigenvalue weighted by Crippen LogP contribution is 2.18. The van der Waals surface area contributed by atoms with Gasteiger partial charge >= 0.3 is 5.69 Å². The maximum atomic E-state index is 13.0. The van der Waals surface area contributed by atoms with Gasteiger partial charge in [0, 0.05) is 28.2 Å². The fraction of sp³-hybridized carbons (Fsp3) is 0.250. The Morgan fingerprint density at radius 1 is 1.12 bits per heavy atom. The van der Waals surface area contributed by atoms with E-state index in [9.17, 15) is 18.8 Å². The van der Waals surface area contributed by atoms with Gasteiger partial charge in [-0.25, -0.2) is 14.2 Å². The van der Waals surface area contributed by atoms with E-state index in [4.69, 9.17) is 0 Å². The number of aryl methyl sites for hydroxylation is 2. The normalized spacial score (nSPS) is 11.1.